The molecule has 7 heterocycles. The fourth-order valence-electron chi connectivity index (χ4n) is 14.7. The number of fused-ring (bicyclic) bond motifs is 3. The average Bonchev–Trinajstić information content (AvgIpc) is 1.18. The molecule has 107 heavy (non-hydrogen) atoms. The number of aliphatic hydroxyl groups is 1. The Bertz CT molecular complexity index is 4790. The Hall–Kier alpha value is -8.79. The molecular formula is C83H81Cl6N7O11. The molecule has 0 bridgehead atoms. The third kappa shape index (κ3) is 15.5. The van der Waals surface area contributed by atoms with Gasteiger partial charge in [0.2, 0.25) is 0 Å². The maximum Gasteiger partial charge on any atom is 0.258 e. The van der Waals surface area contributed by atoms with Crippen molar-refractivity contribution in [2.24, 2.45) is 5.41 Å². The van der Waals surface area contributed by atoms with E-state index in [1.54, 1.807) is 34.3 Å². The maximum atomic E-state index is 13.2. The summed E-state index contributed by atoms with van der Waals surface area (Å²) in [6.45, 7) is 22.5. The Morgan fingerprint density at radius 3 is 1.18 bits per heavy atom. The zero-order chi connectivity index (χ0) is 76.7. The number of rotatable bonds is 8. The summed E-state index contributed by atoms with van der Waals surface area (Å²) in [6.07, 6.45) is 0. The third-order valence-corrected chi connectivity index (χ3v) is 22.8. The monoisotopic (exact) mass is 1560 g/mol. The topological polar surface area (TPSA) is 199 Å². The number of hydrogen-bond acceptors (Lipinski definition) is 11. The van der Waals surface area contributed by atoms with Crippen molar-refractivity contribution >= 4 is 117 Å². The number of amides is 7. The van der Waals surface area contributed by atoms with Crippen LogP contribution in [-0.2, 0) is 47.8 Å². The maximum absolute atomic E-state index is 13.2. The Morgan fingerprint density at radius 2 is 0.738 bits per heavy atom. The highest BCUT2D eigenvalue weighted by atomic mass is 35.5. The Morgan fingerprint density at radius 1 is 0.374 bits per heavy atom. The largest absolute Gasteiger partial charge is 0.511 e. The van der Waals surface area contributed by atoms with Crippen LogP contribution >= 0.6 is 69.6 Å². The summed E-state index contributed by atoms with van der Waals surface area (Å²) in [5.74, 6) is -4.05. The quantitative estimate of drug-likeness (QED) is 0.137. The Balaban J connectivity index is 0.000000134. The van der Waals surface area contributed by atoms with Crippen LogP contribution < -0.4 is 5.32 Å². The second kappa shape index (κ2) is 32.2. The van der Waals surface area contributed by atoms with Gasteiger partial charge >= 0.3 is 0 Å². The molecule has 6 fully saturated rings. The average molecular weight is 1570 g/mol. The highest BCUT2D eigenvalue weighted by molar-refractivity contribution is 6.34. The molecule has 18 nitrogen and oxygen atoms in total. The van der Waals surface area contributed by atoms with E-state index in [4.69, 9.17) is 83.8 Å². The zero-order valence-electron chi connectivity index (χ0n) is 60.6. The van der Waals surface area contributed by atoms with Gasteiger partial charge in [-0.15, -0.1) is 0 Å². The van der Waals surface area contributed by atoms with Gasteiger partial charge in [-0.25, -0.2) is 30.1 Å². The number of carbonyl (C=O) groups is 7. The SMILES string of the molecule is Cc1c(-c2ccc(Cl)cc2)ccc(Cl)c1C1C(=O)N2CCOCCN2C1=O.Cc1cc(C)c(C2C(=O)N3CCOCCN3C2=O)c(C)c1-c1ccc(Cl)cc1.Cc1ccc(-c2ccc(Cl)cc2)cc1C1=C(O)C(C)(C)C(C)(C)NC1=O.O=C1C(c2cc(-c3ccc(Cl)cc3)ccc2Cl)C(=O)N2CCOCCN12. The molecule has 0 saturated carbocycles. The van der Waals surface area contributed by atoms with Gasteiger partial charge in [-0.3, -0.25) is 33.6 Å². The van der Waals surface area contributed by atoms with Gasteiger partial charge in [-0.2, -0.15) is 0 Å². The number of nitrogens with one attached hydrogen (secondary N) is 1. The van der Waals surface area contributed by atoms with E-state index in [-0.39, 0.29) is 47.1 Å². The number of ether oxygens (including phenoxy) is 3. The molecule has 0 spiro atoms. The van der Waals surface area contributed by atoms with Gasteiger partial charge in [0.1, 0.15) is 23.5 Å². The number of halogens is 6. The summed E-state index contributed by atoms with van der Waals surface area (Å²) >= 11 is 36.8. The summed E-state index contributed by atoms with van der Waals surface area (Å²) in [5, 5.41) is 26.6. The van der Waals surface area contributed by atoms with Crippen molar-refractivity contribution in [3.05, 3.63) is 238 Å². The molecule has 7 amide bonds. The smallest absolute Gasteiger partial charge is 0.258 e. The second-order valence-electron chi connectivity index (χ2n) is 28.2. The molecular weight excluding hydrogens is 1480 g/mol. The number of nitrogens with zero attached hydrogens (tertiary/aromatic N) is 6. The molecule has 6 saturated heterocycles. The normalized spacial score (nSPS) is 18.2. The highest BCUT2D eigenvalue weighted by Gasteiger charge is 2.52. The van der Waals surface area contributed by atoms with Gasteiger partial charge < -0.3 is 24.6 Å². The number of aryl methyl sites for hydroxylation is 3. The summed E-state index contributed by atoms with van der Waals surface area (Å²) in [6, 6.07) is 47.1. The van der Waals surface area contributed by atoms with Gasteiger partial charge in [0.15, 0.2) is 0 Å². The Labute approximate surface area is 652 Å². The van der Waals surface area contributed by atoms with Crippen molar-refractivity contribution in [1.82, 2.24) is 35.4 Å². The molecule has 7 aliphatic heterocycles. The molecule has 24 heteroatoms. The number of aliphatic hydroxyl groups excluding tert-OH is 1. The van der Waals surface area contributed by atoms with Crippen LogP contribution in [0, 0.1) is 40.0 Å². The van der Waals surface area contributed by atoms with Crippen LogP contribution in [0.2, 0.25) is 30.1 Å². The van der Waals surface area contributed by atoms with Crippen molar-refractivity contribution in [2.45, 2.75) is 85.6 Å². The van der Waals surface area contributed by atoms with E-state index in [0.717, 1.165) is 83.5 Å². The van der Waals surface area contributed by atoms with E-state index in [2.05, 4.69) is 18.3 Å². The Kier molecular flexibility index (Phi) is 23.4. The number of carbonyl (C=O) groups excluding carboxylic acids is 7. The zero-order valence-corrected chi connectivity index (χ0v) is 65.2. The van der Waals surface area contributed by atoms with E-state index < -0.39 is 28.7 Å². The molecule has 0 unspecified atom stereocenters. The summed E-state index contributed by atoms with van der Waals surface area (Å²) in [4.78, 5) is 91.0. The summed E-state index contributed by atoms with van der Waals surface area (Å²) in [5.41, 5.74) is 14.5. The van der Waals surface area contributed by atoms with Gasteiger partial charge in [-0.05, 0) is 216 Å². The fraction of sp³-hybridized carbons (Fsp3) is 0.313. The van der Waals surface area contributed by atoms with Crippen molar-refractivity contribution in [3.63, 3.8) is 0 Å². The molecule has 556 valence electrons. The summed E-state index contributed by atoms with van der Waals surface area (Å²) in [7, 11) is 0. The second-order valence-corrected chi connectivity index (χ2v) is 30.7. The number of hydrogen-bond donors (Lipinski definition) is 2. The highest BCUT2D eigenvalue weighted by Crippen LogP contribution is 2.47. The fourth-order valence-corrected chi connectivity index (χ4v) is 15.8. The lowest BCUT2D eigenvalue weighted by Crippen LogP contribution is -2.58. The molecule has 8 aromatic carbocycles. The molecule has 0 atom stereocenters. The van der Waals surface area contributed by atoms with Crippen LogP contribution in [-0.4, -0.2) is 161 Å². The molecule has 0 aliphatic carbocycles. The number of hydrazine groups is 3. The van der Waals surface area contributed by atoms with Crippen LogP contribution in [0.15, 0.2) is 157 Å². The molecule has 7 aliphatic rings. The minimum atomic E-state index is -0.914. The molecule has 0 aromatic heterocycles. The predicted octanol–water partition coefficient (Wildman–Crippen LogP) is 16.2. The van der Waals surface area contributed by atoms with Crippen molar-refractivity contribution in [1.29, 1.82) is 0 Å². The van der Waals surface area contributed by atoms with E-state index >= 15 is 0 Å². The van der Waals surface area contributed by atoms with Gasteiger partial charge in [-0.1, -0.05) is 162 Å². The van der Waals surface area contributed by atoms with Crippen LogP contribution in [0.25, 0.3) is 50.1 Å². The first-order valence-electron chi connectivity index (χ1n) is 35.2. The standard InChI is InChI=1S/C22H23ClN2O3.C22H24ClNO2.C20H18Cl2N2O3.C19H16Cl2N2O3/c1-13-12-14(2)19(15(3)18(13)16-4-6-17(23)7-5-16)20-21(26)24-8-10-28-11-9-25(24)22(20)27;1-13-6-7-15(14-8-10-16(23)11-9-14)12-17(13)18-19(25)21(2,3)22(4,5)24-20(18)26;1-12-15(13-2-4-14(21)5-3-13)6-7-16(22)17(12)18-19(25)23-8-10-27-11-9-24(23)20(18)26;20-14-4-1-12(2-5-14)13-3-6-16(21)15(11-13)17-18(24)22-7-9-26-10-8-23(22)19(17)25/h4-7,12,20H,8-11H2,1-3H3;6-12,25H,1-5H3,(H,24,26);2-7,18H,8-11H2,1H3;1-6,11,17H,7-10H2. The first-order chi connectivity index (χ1) is 51.0. The molecule has 15 rings (SSSR count). The van der Waals surface area contributed by atoms with Crippen molar-refractivity contribution in [2.75, 3.05) is 78.9 Å². The lowest BCUT2D eigenvalue weighted by atomic mass is 9.68. The molecule has 0 radical (unpaired) electrons. The van der Waals surface area contributed by atoms with E-state index in [0.29, 0.717) is 126 Å². The van der Waals surface area contributed by atoms with Crippen LogP contribution in [0.4, 0.5) is 0 Å². The molecule has 8 aromatic rings. The summed E-state index contributed by atoms with van der Waals surface area (Å²) < 4.78 is 16.2. The minimum absolute atomic E-state index is 0.127. The number of benzene rings is 8. The van der Waals surface area contributed by atoms with E-state index in [1.807, 2.05) is 177 Å². The van der Waals surface area contributed by atoms with Crippen molar-refractivity contribution in [3.8, 4) is 44.5 Å². The van der Waals surface area contributed by atoms with Crippen LogP contribution in [0.3, 0.4) is 0 Å². The molecule has 2 N–H and O–H groups in total. The van der Waals surface area contributed by atoms with Gasteiger partial charge in [0, 0.05) is 41.1 Å². The van der Waals surface area contributed by atoms with Crippen molar-refractivity contribution < 1.29 is 52.9 Å². The van der Waals surface area contributed by atoms with Crippen LogP contribution in [0.1, 0.15) is 95.5 Å². The first kappa shape index (κ1) is 77.8. The predicted molar refractivity (Wildman–Crippen MR) is 418 cm³/mol. The minimum Gasteiger partial charge on any atom is -0.511 e. The lowest BCUT2D eigenvalue weighted by molar-refractivity contribution is -0.145. The third-order valence-electron chi connectivity index (χ3n) is 21.1. The van der Waals surface area contributed by atoms with Gasteiger partial charge in [0.25, 0.3) is 41.4 Å². The van der Waals surface area contributed by atoms with E-state index in [9.17, 15) is 38.7 Å². The lowest BCUT2D eigenvalue weighted by Gasteiger charge is -2.46. The van der Waals surface area contributed by atoms with Crippen LogP contribution in [0.5, 0.6) is 0 Å². The van der Waals surface area contributed by atoms with Gasteiger partial charge in [0.05, 0.1) is 84.5 Å². The van der Waals surface area contributed by atoms with E-state index in [1.165, 1.54) is 20.0 Å². The first-order valence-corrected chi connectivity index (χ1v) is 37.5.